The predicted octanol–water partition coefficient (Wildman–Crippen LogP) is 3.11. The fraction of sp³-hybridized carbons (Fsp3) is 0.278. The molecule has 4 heteroatoms. The molecule has 2 N–H and O–H groups in total. The van der Waals surface area contributed by atoms with Crippen molar-refractivity contribution < 1.29 is 14.6 Å². The lowest BCUT2D eigenvalue weighted by molar-refractivity contribution is 0.0697. The molecule has 0 bridgehead atoms. The standard InChI is InChI=1S/C18H21NO3/c1-13(10-15-4-3-5-17(11-15)22-2)19-12-14-6-8-16(9-7-14)18(20)21/h3-9,11,13,19H,10,12H2,1-2H3,(H,20,21). The van der Waals surface area contributed by atoms with Crippen LogP contribution in [-0.4, -0.2) is 24.2 Å². The molecule has 0 heterocycles. The summed E-state index contributed by atoms with van der Waals surface area (Å²) in [7, 11) is 1.67. The van der Waals surface area contributed by atoms with Gasteiger partial charge in [-0.15, -0.1) is 0 Å². The molecular weight excluding hydrogens is 278 g/mol. The molecule has 0 saturated carbocycles. The van der Waals surface area contributed by atoms with Crippen LogP contribution in [0.3, 0.4) is 0 Å². The van der Waals surface area contributed by atoms with Crippen molar-refractivity contribution in [1.82, 2.24) is 5.32 Å². The minimum absolute atomic E-state index is 0.311. The number of carbonyl (C=O) groups is 1. The van der Waals surface area contributed by atoms with E-state index in [1.54, 1.807) is 19.2 Å². The van der Waals surface area contributed by atoms with Crippen LogP contribution in [0.25, 0.3) is 0 Å². The van der Waals surface area contributed by atoms with Gasteiger partial charge in [-0.05, 0) is 48.7 Å². The third-order valence-corrected chi connectivity index (χ3v) is 3.53. The summed E-state index contributed by atoms with van der Waals surface area (Å²) in [5.74, 6) is -0.0279. The third-order valence-electron chi connectivity index (χ3n) is 3.53. The Kier molecular flexibility index (Phi) is 5.55. The van der Waals surface area contributed by atoms with E-state index in [0.29, 0.717) is 18.2 Å². The molecule has 0 amide bonds. The quantitative estimate of drug-likeness (QED) is 0.825. The summed E-state index contributed by atoms with van der Waals surface area (Å²) >= 11 is 0. The zero-order valence-corrected chi connectivity index (χ0v) is 12.9. The molecule has 0 aliphatic carbocycles. The first-order chi connectivity index (χ1) is 10.6. The molecular formula is C18H21NO3. The van der Waals surface area contributed by atoms with E-state index < -0.39 is 5.97 Å². The minimum Gasteiger partial charge on any atom is -0.497 e. The van der Waals surface area contributed by atoms with E-state index in [2.05, 4.69) is 18.3 Å². The second-order valence-corrected chi connectivity index (χ2v) is 5.34. The Hall–Kier alpha value is -2.33. The summed E-state index contributed by atoms with van der Waals surface area (Å²) in [5, 5.41) is 12.3. The van der Waals surface area contributed by atoms with Crippen LogP contribution in [0, 0.1) is 0 Å². The molecule has 116 valence electrons. The summed E-state index contributed by atoms with van der Waals surface area (Å²) < 4.78 is 5.23. The Bertz CT molecular complexity index is 622. The lowest BCUT2D eigenvalue weighted by Crippen LogP contribution is -2.27. The number of ether oxygens (including phenoxy) is 1. The van der Waals surface area contributed by atoms with Crippen molar-refractivity contribution in [2.75, 3.05) is 7.11 Å². The highest BCUT2D eigenvalue weighted by Gasteiger charge is 2.05. The summed E-state index contributed by atoms with van der Waals surface area (Å²) in [6.45, 7) is 2.84. The van der Waals surface area contributed by atoms with Crippen LogP contribution in [0.2, 0.25) is 0 Å². The zero-order chi connectivity index (χ0) is 15.9. The number of rotatable bonds is 7. The number of carboxylic acids is 1. The van der Waals surface area contributed by atoms with E-state index >= 15 is 0 Å². The van der Waals surface area contributed by atoms with Gasteiger partial charge in [-0.25, -0.2) is 4.79 Å². The molecule has 22 heavy (non-hydrogen) atoms. The van der Waals surface area contributed by atoms with Gasteiger partial charge in [0.2, 0.25) is 0 Å². The van der Waals surface area contributed by atoms with Gasteiger partial charge in [0.15, 0.2) is 0 Å². The van der Waals surface area contributed by atoms with Crippen molar-refractivity contribution in [3.05, 3.63) is 65.2 Å². The van der Waals surface area contributed by atoms with E-state index in [0.717, 1.165) is 17.7 Å². The number of aromatic carboxylic acids is 1. The van der Waals surface area contributed by atoms with Gasteiger partial charge in [-0.3, -0.25) is 0 Å². The maximum absolute atomic E-state index is 10.8. The van der Waals surface area contributed by atoms with Gasteiger partial charge >= 0.3 is 5.97 Å². The Balaban J connectivity index is 1.86. The summed E-state index contributed by atoms with van der Waals surface area (Å²) in [4.78, 5) is 10.8. The SMILES string of the molecule is COc1cccc(CC(C)NCc2ccc(C(=O)O)cc2)c1. The molecule has 1 atom stereocenters. The second kappa shape index (κ2) is 7.61. The largest absolute Gasteiger partial charge is 0.497 e. The van der Waals surface area contributed by atoms with Crippen LogP contribution in [0.15, 0.2) is 48.5 Å². The molecule has 4 nitrogen and oxygen atoms in total. The van der Waals surface area contributed by atoms with Crippen molar-refractivity contribution in [3.63, 3.8) is 0 Å². The first-order valence-electron chi connectivity index (χ1n) is 7.27. The van der Waals surface area contributed by atoms with Gasteiger partial charge in [0.25, 0.3) is 0 Å². The molecule has 0 fully saturated rings. The lowest BCUT2D eigenvalue weighted by Gasteiger charge is -2.14. The predicted molar refractivity (Wildman–Crippen MR) is 86.4 cm³/mol. The van der Waals surface area contributed by atoms with Crippen LogP contribution in [0.4, 0.5) is 0 Å². The maximum atomic E-state index is 10.8. The van der Waals surface area contributed by atoms with Gasteiger partial charge in [-0.1, -0.05) is 24.3 Å². The normalized spacial score (nSPS) is 11.9. The van der Waals surface area contributed by atoms with Gasteiger partial charge in [-0.2, -0.15) is 0 Å². The second-order valence-electron chi connectivity index (χ2n) is 5.34. The highest BCUT2D eigenvalue weighted by Crippen LogP contribution is 2.14. The van der Waals surface area contributed by atoms with E-state index in [4.69, 9.17) is 9.84 Å². The molecule has 2 rings (SSSR count). The number of methoxy groups -OCH3 is 1. The molecule has 0 aliphatic heterocycles. The average molecular weight is 299 g/mol. The first kappa shape index (κ1) is 16.0. The molecule has 0 spiro atoms. The minimum atomic E-state index is -0.897. The van der Waals surface area contributed by atoms with Crippen molar-refractivity contribution in [3.8, 4) is 5.75 Å². The number of hydrogen-bond donors (Lipinski definition) is 2. The van der Waals surface area contributed by atoms with Crippen LogP contribution in [0.1, 0.15) is 28.4 Å². The molecule has 1 unspecified atom stereocenters. The van der Waals surface area contributed by atoms with Gasteiger partial charge in [0, 0.05) is 12.6 Å². The molecule has 0 radical (unpaired) electrons. The number of benzene rings is 2. The first-order valence-corrected chi connectivity index (χ1v) is 7.27. The molecule has 0 saturated heterocycles. The van der Waals surface area contributed by atoms with Crippen LogP contribution >= 0.6 is 0 Å². The van der Waals surface area contributed by atoms with Crippen LogP contribution in [0.5, 0.6) is 5.75 Å². The summed E-state index contributed by atoms with van der Waals surface area (Å²) in [5.41, 5.74) is 2.61. The lowest BCUT2D eigenvalue weighted by atomic mass is 10.1. The van der Waals surface area contributed by atoms with Crippen molar-refractivity contribution >= 4 is 5.97 Å². The Morgan fingerprint density at radius 2 is 1.91 bits per heavy atom. The summed E-state index contributed by atoms with van der Waals surface area (Å²) in [6.07, 6.45) is 0.907. The molecule has 0 aliphatic rings. The molecule has 2 aromatic rings. The van der Waals surface area contributed by atoms with E-state index in [-0.39, 0.29) is 0 Å². The molecule has 2 aromatic carbocycles. The van der Waals surface area contributed by atoms with Crippen molar-refractivity contribution in [2.24, 2.45) is 0 Å². The van der Waals surface area contributed by atoms with E-state index in [1.165, 1.54) is 5.56 Å². The van der Waals surface area contributed by atoms with Crippen LogP contribution < -0.4 is 10.1 Å². The Morgan fingerprint density at radius 3 is 2.55 bits per heavy atom. The average Bonchev–Trinajstić information content (AvgIpc) is 2.53. The maximum Gasteiger partial charge on any atom is 0.335 e. The van der Waals surface area contributed by atoms with Crippen molar-refractivity contribution in [2.45, 2.75) is 25.9 Å². The number of hydrogen-bond acceptors (Lipinski definition) is 3. The molecule has 0 aromatic heterocycles. The number of nitrogens with one attached hydrogen (secondary N) is 1. The van der Waals surface area contributed by atoms with Crippen LogP contribution in [-0.2, 0) is 13.0 Å². The fourth-order valence-electron chi connectivity index (χ4n) is 2.28. The van der Waals surface area contributed by atoms with E-state index in [9.17, 15) is 4.79 Å². The van der Waals surface area contributed by atoms with Gasteiger partial charge in [0.1, 0.15) is 5.75 Å². The highest BCUT2D eigenvalue weighted by atomic mass is 16.5. The van der Waals surface area contributed by atoms with Gasteiger partial charge in [0.05, 0.1) is 12.7 Å². The fourth-order valence-corrected chi connectivity index (χ4v) is 2.28. The topological polar surface area (TPSA) is 58.6 Å². The Labute approximate surface area is 130 Å². The van der Waals surface area contributed by atoms with E-state index in [1.807, 2.05) is 30.3 Å². The van der Waals surface area contributed by atoms with Crippen molar-refractivity contribution in [1.29, 1.82) is 0 Å². The third kappa shape index (κ3) is 4.60. The zero-order valence-electron chi connectivity index (χ0n) is 12.9. The summed E-state index contributed by atoms with van der Waals surface area (Å²) in [6, 6.07) is 15.3. The van der Waals surface area contributed by atoms with Gasteiger partial charge < -0.3 is 15.2 Å². The monoisotopic (exact) mass is 299 g/mol. The Morgan fingerprint density at radius 1 is 1.18 bits per heavy atom. The highest BCUT2D eigenvalue weighted by molar-refractivity contribution is 5.87. The number of carboxylic acid groups (broad SMARTS) is 1. The smallest absolute Gasteiger partial charge is 0.335 e.